The van der Waals surface area contributed by atoms with Gasteiger partial charge in [-0.2, -0.15) is 26.3 Å². The number of hydrogen-bond donors (Lipinski definition) is 2. The molecule has 4 rings (SSSR count). The van der Waals surface area contributed by atoms with Crippen LogP contribution in [0.1, 0.15) is 36.1 Å². The van der Waals surface area contributed by atoms with Gasteiger partial charge in [0.25, 0.3) is 0 Å². The molecule has 0 fully saturated rings. The van der Waals surface area contributed by atoms with Gasteiger partial charge in [-0.15, -0.1) is 0 Å². The van der Waals surface area contributed by atoms with Crippen molar-refractivity contribution < 1.29 is 55.6 Å². The van der Waals surface area contributed by atoms with Crippen LogP contribution in [0.2, 0.25) is 5.02 Å². The molecule has 2 unspecified atom stereocenters. The van der Waals surface area contributed by atoms with Gasteiger partial charge in [-0.05, 0) is 48.3 Å². The van der Waals surface area contributed by atoms with E-state index in [1.165, 1.54) is 18.2 Å². The number of halogens is 7. The monoisotopic (exact) mass is 578 g/mol. The van der Waals surface area contributed by atoms with Crippen LogP contribution in [0.4, 0.5) is 26.3 Å². The maximum absolute atomic E-state index is 12.9. The fraction of sp³-hybridized carbons (Fsp3) is 0.308. The molecular weight excluding hydrogens is 558 g/mol. The summed E-state index contributed by atoms with van der Waals surface area (Å²) in [4.78, 5) is 21.9. The average molecular weight is 579 g/mol. The summed E-state index contributed by atoms with van der Waals surface area (Å²) in [5, 5.41) is 18.1. The number of rotatable bonds is 4. The zero-order chi connectivity index (χ0) is 29.3. The van der Waals surface area contributed by atoms with E-state index >= 15 is 0 Å². The third-order valence-electron chi connectivity index (χ3n) is 5.80. The van der Waals surface area contributed by atoms with Crippen molar-refractivity contribution in [2.75, 3.05) is 0 Å². The van der Waals surface area contributed by atoms with Crippen molar-refractivity contribution in [2.45, 2.75) is 51.2 Å². The molecule has 0 saturated heterocycles. The van der Waals surface area contributed by atoms with Crippen molar-refractivity contribution in [3.63, 3.8) is 0 Å². The molecule has 0 amide bonds. The van der Waals surface area contributed by atoms with Crippen LogP contribution >= 0.6 is 11.6 Å². The number of carboxylic acids is 2. The highest BCUT2D eigenvalue weighted by atomic mass is 35.5. The Labute approximate surface area is 223 Å². The third-order valence-corrected chi connectivity index (χ3v) is 6.01. The van der Waals surface area contributed by atoms with Crippen LogP contribution in [0.15, 0.2) is 41.5 Å². The van der Waals surface area contributed by atoms with Gasteiger partial charge >= 0.3 is 24.3 Å². The van der Waals surface area contributed by atoms with E-state index in [9.17, 15) is 35.9 Å². The van der Waals surface area contributed by atoms with E-state index in [0.29, 0.717) is 34.6 Å². The van der Waals surface area contributed by atoms with Crippen molar-refractivity contribution >= 4 is 35.7 Å². The quantitative estimate of drug-likeness (QED) is 0.391. The van der Waals surface area contributed by atoms with Crippen molar-refractivity contribution in [1.82, 2.24) is 0 Å². The van der Waals surface area contributed by atoms with Gasteiger partial charge in [0.15, 0.2) is 0 Å². The Morgan fingerprint density at radius 3 is 1.69 bits per heavy atom. The van der Waals surface area contributed by atoms with E-state index in [4.69, 9.17) is 31.3 Å². The summed E-state index contributed by atoms with van der Waals surface area (Å²) in [7, 11) is 0. The van der Waals surface area contributed by atoms with E-state index in [1.807, 2.05) is 0 Å². The van der Waals surface area contributed by atoms with Gasteiger partial charge in [0.1, 0.15) is 11.5 Å². The van der Waals surface area contributed by atoms with E-state index in [1.54, 1.807) is 26.0 Å². The van der Waals surface area contributed by atoms with Crippen molar-refractivity contribution in [1.29, 1.82) is 0 Å². The second kappa shape index (κ2) is 11.2. The van der Waals surface area contributed by atoms with E-state index in [0.717, 1.165) is 12.2 Å². The molecule has 2 aliphatic rings. The number of fused-ring (bicyclic) bond motifs is 2. The first kappa shape index (κ1) is 29.9. The molecule has 2 N–H and O–H groups in total. The van der Waals surface area contributed by atoms with E-state index in [-0.39, 0.29) is 17.1 Å². The number of aliphatic carboxylic acids is 2. The minimum Gasteiger partial charge on any atom is -0.478 e. The maximum atomic E-state index is 12.9. The van der Waals surface area contributed by atoms with Crippen molar-refractivity contribution in [3.05, 3.63) is 68.8 Å². The molecule has 0 saturated carbocycles. The SMILES string of the molecule is CCc1cc(Cl)cc2c1OC(C(F)(F)F)C(C(=O)O)=C2.CCc1cccc2c1OC(C(F)(F)F)C(C(=O)O)=C2. The van der Waals surface area contributed by atoms with Gasteiger partial charge in [0.05, 0.1) is 11.1 Å². The largest absolute Gasteiger partial charge is 0.478 e. The number of hydrogen-bond acceptors (Lipinski definition) is 4. The Morgan fingerprint density at radius 1 is 0.795 bits per heavy atom. The minimum atomic E-state index is -4.80. The van der Waals surface area contributed by atoms with E-state index < -0.39 is 47.6 Å². The van der Waals surface area contributed by atoms with Crippen LogP contribution in [0.25, 0.3) is 12.2 Å². The maximum Gasteiger partial charge on any atom is 0.430 e. The lowest BCUT2D eigenvalue weighted by Gasteiger charge is -2.28. The summed E-state index contributed by atoms with van der Waals surface area (Å²) >= 11 is 5.86. The summed E-state index contributed by atoms with van der Waals surface area (Å²) in [5.74, 6) is -3.16. The molecule has 210 valence electrons. The lowest BCUT2D eigenvalue weighted by atomic mass is 9.98. The first-order chi connectivity index (χ1) is 18.1. The first-order valence-electron chi connectivity index (χ1n) is 11.4. The highest BCUT2D eigenvalue weighted by Gasteiger charge is 2.49. The normalized spacial score (nSPS) is 18.2. The van der Waals surface area contributed by atoms with Gasteiger partial charge in [-0.25, -0.2) is 9.59 Å². The second-order valence-electron chi connectivity index (χ2n) is 8.41. The van der Waals surface area contributed by atoms with E-state index in [2.05, 4.69) is 0 Å². The topological polar surface area (TPSA) is 93.1 Å². The molecular formula is C26H21ClF6O6. The van der Waals surface area contributed by atoms with Gasteiger partial charge in [-0.3, -0.25) is 0 Å². The Hall–Kier alpha value is -3.67. The zero-order valence-electron chi connectivity index (χ0n) is 20.3. The van der Waals surface area contributed by atoms with Crippen LogP contribution in [0.3, 0.4) is 0 Å². The molecule has 0 radical (unpaired) electrons. The predicted octanol–water partition coefficient (Wildman–Crippen LogP) is 6.73. The number of benzene rings is 2. The second-order valence-corrected chi connectivity index (χ2v) is 8.85. The minimum absolute atomic E-state index is 0.0317. The molecule has 0 aliphatic carbocycles. The fourth-order valence-corrected chi connectivity index (χ4v) is 4.26. The Bertz CT molecular complexity index is 1350. The molecule has 2 aromatic carbocycles. The number of carboxylic acid groups (broad SMARTS) is 2. The van der Waals surface area contributed by atoms with Crippen LogP contribution in [0, 0.1) is 0 Å². The van der Waals surface area contributed by atoms with Crippen molar-refractivity contribution in [3.8, 4) is 11.5 Å². The molecule has 39 heavy (non-hydrogen) atoms. The number of alkyl halides is 6. The molecule has 2 heterocycles. The van der Waals surface area contributed by atoms with Gasteiger partial charge in [0.2, 0.25) is 12.2 Å². The zero-order valence-corrected chi connectivity index (χ0v) is 21.0. The van der Waals surface area contributed by atoms with Gasteiger partial charge in [0, 0.05) is 16.1 Å². The Kier molecular flexibility index (Phi) is 8.59. The molecule has 6 nitrogen and oxygen atoms in total. The summed E-state index contributed by atoms with van der Waals surface area (Å²) in [5.41, 5.74) is 0.0713. The number of ether oxygens (including phenoxy) is 2. The average Bonchev–Trinajstić information content (AvgIpc) is 2.85. The molecule has 0 spiro atoms. The molecule has 2 aliphatic heterocycles. The number of aryl methyl sites for hydroxylation is 2. The van der Waals surface area contributed by atoms with Crippen LogP contribution in [-0.2, 0) is 22.4 Å². The molecule has 2 aromatic rings. The highest BCUT2D eigenvalue weighted by molar-refractivity contribution is 6.31. The number of carbonyl (C=O) groups is 2. The molecule has 13 heteroatoms. The lowest BCUT2D eigenvalue weighted by Crippen LogP contribution is -2.40. The Balaban J connectivity index is 0.000000216. The molecule has 0 bridgehead atoms. The van der Waals surface area contributed by atoms with Crippen LogP contribution < -0.4 is 9.47 Å². The Morgan fingerprint density at radius 2 is 1.26 bits per heavy atom. The summed E-state index contributed by atoms with van der Waals surface area (Å²) in [6, 6.07) is 7.74. The first-order valence-corrected chi connectivity index (χ1v) is 11.8. The third kappa shape index (κ3) is 6.49. The van der Waals surface area contributed by atoms with Crippen LogP contribution in [0.5, 0.6) is 11.5 Å². The molecule has 0 aromatic heterocycles. The fourth-order valence-electron chi connectivity index (χ4n) is 4.01. The summed E-state index contributed by atoms with van der Waals surface area (Å²) < 4.78 is 87.1. The van der Waals surface area contributed by atoms with Gasteiger partial charge in [-0.1, -0.05) is 43.6 Å². The summed E-state index contributed by atoms with van der Waals surface area (Å²) in [6.45, 7) is 3.53. The smallest absolute Gasteiger partial charge is 0.430 e. The van der Waals surface area contributed by atoms with Crippen molar-refractivity contribution in [2.24, 2.45) is 0 Å². The van der Waals surface area contributed by atoms with Crippen LogP contribution in [-0.4, -0.2) is 46.7 Å². The highest BCUT2D eigenvalue weighted by Crippen LogP contribution is 2.41. The lowest BCUT2D eigenvalue weighted by molar-refractivity contribution is -0.187. The number of para-hydroxylation sites is 1. The predicted molar refractivity (Wildman–Crippen MR) is 129 cm³/mol. The summed E-state index contributed by atoms with van der Waals surface area (Å²) in [6.07, 6.45) is -11.5. The van der Waals surface area contributed by atoms with Gasteiger partial charge < -0.3 is 19.7 Å². The standard InChI is InChI=1S/C13H10ClF3O3.C13H11F3O3/c1-2-6-3-8(14)4-7-5-9(12(18)19)11(13(15,16)17)20-10(6)7;1-2-7-4-3-5-8-6-9(12(17)18)11(13(14,15)16)19-10(7)8/h3-5,11H,2H2,1H3,(H,18,19);3-6,11H,2H2,1H3,(H,17,18). The molecule has 2 atom stereocenters.